The smallest absolute Gasteiger partial charge is 0.256 e. The molecule has 0 amide bonds. The van der Waals surface area contributed by atoms with Crippen LogP contribution < -0.4 is 0 Å². The molecule has 1 aromatic carbocycles. The van der Waals surface area contributed by atoms with Gasteiger partial charge in [0.25, 0.3) is 6.29 Å². The maximum absolute atomic E-state index is 10.4. The van der Waals surface area contributed by atoms with E-state index in [0.29, 0.717) is 11.0 Å². The SMILES string of the molecule is O=[C]c1nc2ccccc2nc1Cl. The van der Waals surface area contributed by atoms with Crippen molar-refractivity contribution in [2.24, 2.45) is 0 Å². The van der Waals surface area contributed by atoms with E-state index in [0.717, 1.165) is 0 Å². The number of benzene rings is 1. The molecule has 0 aliphatic rings. The van der Waals surface area contributed by atoms with Crippen molar-refractivity contribution in [2.75, 3.05) is 0 Å². The zero-order valence-electron chi connectivity index (χ0n) is 6.49. The Morgan fingerprint density at radius 1 is 1.15 bits per heavy atom. The van der Waals surface area contributed by atoms with Gasteiger partial charge in [0, 0.05) is 0 Å². The molecule has 0 unspecified atom stereocenters. The second-order valence-corrected chi connectivity index (χ2v) is 2.81. The van der Waals surface area contributed by atoms with Gasteiger partial charge in [-0.1, -0.05) is 23.7 Å². The molecule has 4 heteroatoms. The van der Waals surface area contributed by atoms with E-state index in [1.165, 1.54) is 0 Å². The maximum atomic E-state index is 10.4. The number of nitrogens with zero attached hydrogens (tertiary/aromatic N) is 2. The third-order valence-electron chi connectivity index (χ3n) is 1.62. The number of hydrogen-bond donors (Lipinski definition) is 0. The fraction of sp³-hybridized carbons (Fsp3) is 0. The average molecular weight is 192 g/mol. The molecule has 1 radical (unpaired) electrons. The van der Waals surface area contributed by atoms with E-state index in [1.54, 1.807) is 18.4 Å². The van der Waals surface area contributed by atoms with E-state index in [-0.39, 0.29) is 10.8 Å². The molecule has 2 rings (SSSR count). The minimum absolute atomic E-state index is 0.0559. The van der Waals surface area contributed by atoms with Crippen LogP contribution >= 0.6 is 11.6 Å². The molecular formula is C9H4ClN2O. The Bertz CT molecular complexity index is 470. The van der Waals surface area contributed by atoms with Crippen LogP contribution in [-0.2, 0) is 4.79 Å². The van der Waals surface area contributed by atoms with E-state index in [1.807, 2.05) is 12.1 Å². The minimum atomic E-state index is 0.0559. The molecule has 63 valence electrons. The molecular weight excluding hydrogens is 188 g/mol. The van der Waals surface area contributed by atoms with Gasteiger partial charge in [-0.3, -0.25) is 4.79 Å². The summed E-state index contributed by atoms with van der Waals surface area (Å²) in [4.78, 5) is 18.3. The first kappa shape index (κ1) is 8.13. The number of fused-ring (bicyclic) bond motifs is 1. The van der Waals surface area contributed by atoms with E-state index >= 15 is 0 Å². The lowest BCUT2D eigenvalue weighted by atomic mass is 10.3. The first-order valence-corrected chi connectivity index (χ1v) is 3.99. The molecule has 0 saturated carbocycles. The van der Waals surface area contributed by atoms with Crippen molar-refractivity contribution in [3.8, 4) is 0 Å². The highest BCUT2D eigenvalue weighted by atomic mass is 35.5. The Morgan fingerprint density at radius 3 is 2.38 bits per heavy atom. The predicted octanol–water partition coefficient (Wildman–Crippen LogP) is 1.74. The van der Waals surface area contributed by atoms with E-state index in [9.17, 15) is 4.79 Å². The van der Waals surface area contributed by atoms with Crippen LogP contribution in [0.25, 0.3) is 11.0 Å². The quantitative estimate of drug-likeness (QED) is 0.690. The summed E-state index contributed by atoms with van der Waals surface area (Å²) in [5.74, 6) is 0. The number of hydrogen-bond acceptors (Lipinski definition) is 3. The zero-order chi connectivity index (χ0) is 9.26. The summed E-state index contributed by atoms with van der Waals surface area (Å²) in [5, 5.41) is 0.0914. The molecule has 3 nitrogen and oxygen atoms in total. The van der Waals surface area contributed by atoms with Crippen molar-refractivity contribution in [2.45, 2.75) is 0 Å². The van der Waals surface area contributed by atoms with Gasteiger partial charge in [0.05, 0.1) is 11.0 Å². The highest BCUT2D eigenvalue weighted by molar-refractivity contribution is 6.31. The van der Waals surface area contributed by atoms with Gasteiger partial charge >= 0.3 is 0 Å². The molecule has 13 heavy (non-hydrogen) atoms. The third-order valence-corrected chi connectivity index (χ3v) is 1.89. The topological polar surface area (TPSA) is 42.9 Å². The number of carbonyl (C=O) groups excluding carboxylic acids is 1. The maximum Gasteiger partial charge on any atom is 0.256 e. The zero-order valence-corrected chi connectivity index (χ0v) is 7.25. The fourth-order valence-electron chi connectivity index (χ4n) is 1.04. The number of aromatic nitrogens is 2. The van der Waals surface area contributed by atoms with Gasteiger partial charge in [-0.05, 0) is 12.1 Å². The Hall–Kier alpha value is -1.48. The largest absolute Gasteiger partial charge is 0.283 e. The summed E-state index contributed by atoms with van der Waals surface area (Å²) in [7, 11) is 0. The van der Waals surface area contributed by atoms with Crippen LogP contribution in [0.4, 0.5) is 0 Å². The van der Waals surface area contributed by atoms with Crippen molar-refractivity contribution in [3.63, 3.8) is 0 Å². The Morgan fingerprint density at radius 2 is 1.77 bits per heavy atom. The van der Waals surface area contributed by atoms with Gasteiger partial charge in [-0.25, -0.2) is 9.97 Å². The van der Waals surface area contributed by atoms with Gasteiger partial charge in [0.2, 0.25) is 0 Å². The van der Waals surface area contributed by atoms with Crippen molar-refractivity contribution >= 4 is 28.9 Å². The van der Waals surface area contributed by atoms with Crippen LogP contribution in [-0.4, -0.2) is 16.3 Å². The molecule has 1 aromatic heterocycles. The summed E-state index contributed by atoms with van der Waals surface area (Å²) >= 11 is 5.67. The van der Waals surface area contributed by atoms with Gasteiger partial charge in [0.15, 0.2) is 10.8 Å². The molecule has 2 aromatic rings. The Labute approximate surface area is 79.4 Å². The predicted molar refractivity (Wildman–Crippen MR) is 49.3 cm³/mol. The van der Waals surface area contributed by atoms with Crippen LogP contribution in [0.5, 0.6) is 0 Å². The van der Waals surface area contributed by atoms with Crippen molar-refractivity contribution in [3.05, 3.63) is 35.1 Å². The number of rotatable bonds is 1. The first-order valence-electron chi connectivity index (χ1n) is 3.61. The Balaban J connectivity index is 2.81. The van der Waals surface area contributed by atoms with Gasteiger partial charge < -0.3 is 0 Å². The second kappa shape index (κ2) is 3.11. The van der Waals surface area contributed by atoms with Gasteiger partial charge in [-0.15, -0.1) is 0 Å². The van der Waals surface area contributed by atoms with E-state index in [4.69, 9.17) is 11.6 Å². The Kier molecular flexibility index (Phi) is 1.94. The first-order chi connectivity index (χ1) is 6.31. The molecule has 0 bridgehead atoms. The summed E-state index contributed by atoms with van der Waals surface area (Å²) in [6.45, 7) is 0. The van der Waals surface area contributed by atoms with E-state index < -0.39 is 0 Å². The molecule has 0 fully saturated rings. The molecule has 0 aliphatic carbocycles. The summed E-state index contributed by atoms with van der Waals surface area (Å²) in [6.07, 6.45) is 1.63. The second-order valence-electron chi connectivity index (χ2n) is 2.45. The van der Waals surface area contributed by atoms with Gasteiger partial charge in [-0.2, -0.15) is 0 Å². The summed E-state index contributed by atoms with van der Waals surface area (Å²) in [6, 6.07) is 7.19. The third kappa shape index (κ3) is 1.38. The lowest BCUT2D eigenvalue weighted by molar-refractivity contribution is 0.561. The summed E-state index contributed by atoms with van der Waals surface area (Å²) < 4.78 is 0. The highest BCUT2D eigenvalue weighted by Crippen LogP contribution is 2.14. The lowest BCUT2D eigenvalue weighted by Crippen LogP contribution is -1.93. The minimum Gasteiger partial charge on any atom is -0.283 e. The lowest BCUT2D eigenvalue weighted by Gasteiger charge is -1.97. The molecule has 0 spiro atoms. The average Bonchev–Trinajstić information content (AvgIpc) is 2.17. The van der Waals surface area contributed by atoms with Crippen LogP contribution in [0.3, 0.4) is 0 Å². The number of para-hydroxylation sites is 2. The van der Waals surface area contributed by atoms with Crippen LogP contribution in [0.15, 0.2) is 24.3 Å². The van der Waals surface area contributed by atoms with Gasteiger partial charge in [0.1, 0.15) is 0 Å². The van der Waals surface area contributed by atoms with Crippen molar-refractivity contribution < 1.29 is 4.79 Å². The number of halogens is 1. The molecule has 0 N–H and O–H groups in total. The van der Waals surface area contributed by atoms with Crippen molar-refractivity contribution in [1.29, 1.82) is 0 Å². The summed E-state index contributed by atoms with van der Waals surface area (Å²) in [5.41, 5.74) is 1.37. The molecule has 0 aliphatic heterocycles. The highest BCUT2D eigenvalue weighted by Gasteiger charge is 2.04. The molecule has 0 saturated heterocycles. The van der Waals surface area contributed by atoms with Crippen LogP contribution in [0.2, 0.25) is 5.15 Å². The fourth-order valence-corrected chi connectivity index (χ4v) is 1.22. The molecule has 1 heterocycles. The standard InChI is InChI=1S/C9H4ClN2O/c10-9-8(5-13)11-6-3-1-2-4-7(6)12-9/h1-4H. The molecule has 0 atom stereocenters. The van der Waals surface area contributed by atoms with Crippen LogP contribution in [0, 0.1) is 0 Å². The monoisotopic (exact) mass is 191 g/mol. The van der Waals surface area contributed by atoms with E-state index in [2.05, 4.69) is 9.97 Å². The van der Waals surface area contributed by atoms with Crippen molar-refractivity contribution in [1.82, 2.24) is 9.97 Å². The van der Waals surface area contributed by atoms with Crippen LogP contribution in [0.1, 0.15) is 5.69 Å². The normalized spacial score (nSPS) is 10.2.